The Bertz CT molecular complexity index is 1290. The van der Waals surface area contributed by atoms with Crippen molar-refractivity contribution in [3.05, 3.63) is 118 Å². The van der Waals surface area contributed by atoms with E-state index in [1.54, 1.807) is 12.1 Å². The molecule has 1 heterocycles. The molecule has 3 nitrogen and oxygen atoms in total. The van der Waals surface area contributed by atoms with Crippen LogP contribution in [0.5, 0.6) is 5.75 Å². The third-order valence-corrected chi connectivity index (χ3v) is 6.37. The number of phenolic OH excluding ortho intramolecular Hbond substituents is 1. The Morgan fingerprint density at radius 1 is 0.935 bits per heavy atom. The second-order valence-electron chi connectivity index (χ2n) is 7.90. The molecule has 1 aliphatic heterocycles. The zero-order valence-electron chi connectivity index (χ0n) is 17.1. The van der Waals surface area contributed by atoms with Crippen molar-refractivity contribution < 1.29 is 9.90 Å². The number of nitrogens with one attached hydrogen (secondary N) is 1. The van der Waals surface area contributed by atoms with Gasteiger partial charge in [-0.05, 0) is 24.1 Å². The fourth-order valence-corrected chi connectivity index (χ4v) is 5.06. The highest BCUT2D eigenvalue weighted by atomic mass is 32.1. The number of benzene rings is 3. The first kappa shape index (κ1) is 19.5. The summed E-state index contributed by atoms with van der Waals surface area (Å²) in [6, 6.07) is 24.9. The molecule has 2 N–H and O–H groups in total. The monoisotopic (exact) mass is 423 g/mol. The summed E-state index contributed by atoms with van der Waals surface area (Å²) in [4.78, 5) is 14.3. The van der Waals surface area contributed by atoms with E-state index in [9.17, 15) is 9.90 Å². The van der Waals surface area contributed by atoms with E-state index in [4.69, 9.17) is 12.2 Å². The molecule has 1 aliphatic carbocycles. The predicted molar refractivity (Wildman–Crippen MR) is 127 cm³/mol. The Morgan fingerprint density at radius 3 is 2.32 bits per heavy atom. The van der Waals surface area contributed by atoms with Gasteiger partial charge >= 0.3 is 0 Å². The van der Waals surface area contributed by atoms with Crippen LogP contribution in [0.15, 0.2) is 95.7 Å². The van der Waals surface area contributed by atoms with Crippen LogP contribution in [-0.2, 0) is 6.42 Å². The molecule has 0 saturated heterocycles. The smallest absolute Gasteiger partial charge is 0.192 e. The van der Waals surface area contributed by atoms with E-state index in [1.165, 1.54) is 0 Å². The Kier molecular flexibility index (Phi) is 4.79. The van der Waals surface area contributed by atoms with E-state index in [2.05, 4.69) is 17.4 Å². The number of dihydropyridines is 1. The predicted octanol–water partition coefficient (Wildman–Crippen LogP) is 5.57. The minimum absolute atomic E-state index is 0.0149. The molecule has 3 aromatic rings. The molecule has 5 rings (SSSR count). The maximum Gasteiger partial charge on any atom is 0.192 e. The number of hydrogen-bond acceptors (Lipinski definition) is 4. The first-order valence-corrected chi connectivity index (χ1v) is 10.7. The van der Waals surface area contributed by atoms with Crippen molar-refractivity contribution in [2.45, 2.75) is 19.3 Å². The van der Waals surface area contributed by atoms with Crippen molar-refractivity contribution in [1.82, 2.24) is 5.32 Å². The lowest BCUT2D eigenvalue weighted by Crippen LogP contribution is -2.28. The number of Topliss-reactive ketones (excluding diaryl/α,β-unsaturated/α-hetero) is 1. The highest BCUT2D eigenvalue weighted by molar-refractivity contribution is 7.80. The van der Waals surface area contributed by atoms with Gasteiger partial charge < -0.3 is 10.4 Å². The first-order valence-electron chi connectivity index (χ1n) is 10.3. The molecule has 4 heteroatoms. The van der Waals surface area contributed by atoms with Gasteiger partial charge in [-0.25, -0.2) is 0 Å². The Balaban J connectivity index is 1.67. The van der Waals surface area contributed by atoms with Gasteiger partial charge in [0.15, 0.2) is 5.78 Å². The molecule has 0 radical (unpaired) electrons. The van der Waals surface area contributed by atoms with Crippen LogP contribution < -0.4 is 5.32 Å². The van der Waals surface area contributed by atoms with Crippen molar-refractivity contribution >= 4 is 28.6 Å². The van der Waals surface area contributed by atoms with E-state index in [1.807, 2.05) is 61.5 Å². The van der Waals surface area contributed by atoms with Crippen LogP contribution in [0.3, 0.4) is 0 Å². The number of phenols is 1. The average Bonchev–Trinajstić information content (AvgIpc) is 3.06. The number of rotatable bonds is 4. The lowest BCUT2D eigenvalue weighted by Gasteiger charge is -2.31. The molecular formula is C27H21NO2S. The summed E-state index contributed by atoms with van der Waals surface area (Å²) < 4.78 is 0. The molecule has 31 heavy (non-hydrogen) atoms. The van der Waals surface area contributed by atoms with Gasteiger partial charge in [0.2, 0.25) is 0 Å². The number of aromatic hydroxyl groups is 1. The van der Waals surface area contributed by atoms with E-state index in [-0.39, 0.29) is 11.5 Å². The minimum Gasteiger partial charge on any atom is -0.508 e. The summed E-state index contributed by atoms with van der Waals surface area (Å²) in [7, 11) is 0. The maximum atomic E-state index is 13.5. The van der Waals surface area contributed by atoms with E-state index >= 15 is 0 Å². The van der Waals surface area contributed by atoms with Gasteiger partial charge in [-0.3, -0.25) is 4.79 Å². The van der Waals surface area contributed by atoms with E-state index in [0.717, 1.165) is 33.0 Å². The molecule has 2 aliphatic rings. The highest BCUT2D eigenvalue weighted by Gasteiger charge is 2.42. The van der Waals surface area contributed by atoms with E-state index < -0.39 is 5.92 Å². The number of thiocarbonyl (C=S) groups is 1. The first-order chi connectivity index (χ1) is 15.1. The Hall–Kier alpha value is -3.50. The van der Waals surface area contributed by atoms with Crippen molar-refractivity contribution in [3.8, 4) is 5.75 Å². The number of carbonyl (C=O) groups excluding carboxylic acids is 1. The van der Waals surface area contributed by atoms with Crippen LogP contribution in [0.4, 0.5) is 0 Å². The van der Waals surface area contributed by atoms with Crippen molar-refractivity contribution in [2.75, 3.05) is 0 Å². The third kappa shape index (κ3) is 3.20. The molecule has 3 aromatic carbocycles. The summed E-state index contributed by atoms with van der Waals surface area (Å²) in [5.74, 6) is -0.273. The van der Waals surface area contributed by atoms with Gasteiger partial charge in [-0.15, -0.1) is 0 Å². The molecule has 1 unspecified atom stereocenters. The number of fused-ring (bicyclic) bond motifs is 2. The molecule has 0 fully saturated rings. The summed E-state index contributed by atoms with van der Waals surface area (Å²) in [5, 5.41) is 14.2. The van der Waals surface area contributed by atoms with Crippen LogP contribution in [0.1, 0.15) is 39.9 Å². The largest absolute Gasteiger partial charge is 0.508 e. The zero-order chi connectivity index (χ0) is 21.5. The van der Waals surface area contributed by atoms with Crippen molar-refractivity contribution in [2.24, 2.45) is 0 Å². The van der Waals surface area contributed by atoms with Gasteiger partial charge in [-0.2, -0.15) is 0 Å². The minimum atomic E-state index is -0.423. The fraction of sp³-hybridized carbons (Fsp3) is 0.111. The Labute approximate surface area is 186 Å². The van der Waals surface area contributed by atoms with Crippen molar-refractivity contribution in [3.63, 3.8) is 0 Å². The van der Waals surface area contributed by atoms with Crippen molar-refractivity contribution in [1.29, 1.82) is 0 Å². The molecule has 0 spiro atoms. The number of hydrogen-bond donors (Lipinski definition) is 2. The van der Waals surface area contributed by atoms with Crippen LogP contribution in [-0.4, -0.2) is 15.8 Å². The average molecular weight is 424 g/mol. The molecule has 0 aromatic heterocycles. The normalized spacial score (nSPS) is 17.3. The summed E-state index contributed by atoms with van der Waals surface area (Å²) in [6.45, 7) is 1.99. The number of carbonyl (C=O) groups is 1. The SMILES string of the molecule is CC1=C(C(=S)Cc2ccccc2)C(c2ccccc2O)C2=C(N1)c1ccccc1C2=O. The second kappa shape index (κ2) is 7.64. The van der Waals surface area contributed by atoms with Gasteiger partial charge in [-0.1, -0.05) is 85.0 Å². The third-order valence-electron chi connectivity index (χ3n) is 6.00. The quantitative estimate of drug-likeness (QED) is 0.539. The summed E-state index contributed by atoms with van der Waals surface area (Å²) >= 11 is 5.92. The summed E-state index contributed by atoms with van der Waals surface area (Å²) in [5.41, 5.74) is 6.67. The molecular weight excluding hydrogens is 402 g/mol. The van der Waals surface area contributed by atoms with Gasteiger partial charge in [0.1, 0.15) is 5.75 Å². The summed E-state index contributed by atoms with van der Waals surface area (Å²) in [6.07, 6.45) is 0.596. The molecule has 0 saturated carbocycles. The van der Waals surface area contributed by atoms with E-state index in [0.29, 0.717) is 23.1 Å². The van der Waals surface area contributed by atoms with Crippen LogP contribution in [0, 0.1) is 0 Å². The second-order valence-corrected chi connectivity index (χ2v) is 8.40. The topological polar surface area (TPSA) is 49.3 Å². The highest BCUT2D eigenvalue weighted by Crippen LogP contribution is 2.48. The number of para-hydroxylation sites is 1. The number of allylic oxidation sites excluding steroid dienone is 3. The lowest BCUT2D eigenvalue weighted by molar-refractivity contribution is 0.103. The lowest BCUT2D eigenvalue weighted by atomic mass is 9.77. The Morgan fingerprint density at radius 2 is 1.58 bits per heavy atom. The molecule has 0 bridgehead atoms. The zero-order valence-corrected chi connectivity index (χ0v) is 17.9. The van der Waals surface area contributed by atoms with Crippen LogP contribution in [0.25, 0.3) is 5.70 Å². The molecule has 152 valence electrons. The van der Waals surface area contributed by atoms with Gasteiger partial charge in [0, 0.05) is 45.2 Å². The van der Waals surface area contributed by atoms with Crippen LogP contribution in [0.2, 0.25) is 0 Å². The van der Waals surface area contributed by atoms with Crippen LogP contribution >= 0.6 is 12.2 Å². The molecule has 1 atom stereocenters. The van der Waals surface area contributed by atoms with Gasteiger partial charge in [0.25, 0.3) is 0 Å². The van der Waals surface area contributed by atoms with Gasteiger partial charge in [0.05, 0.1) is 5.70 Å². The molecule has 0 amide bonds. The fourth-order valence-electron chi connectivity index (χ4n) is 4.62. The maximum absolute atomic E-state index is 13.5. The number of ketones is 1. The standard InChI is InChI=1S/C27H21NO2S/c1-16-23(22(31)15-17-9-3-2-4-10-17)24(20-13-7-8-14-21(20)29)25-26(28-16)18-11-5-6-12-19(18)27(25)30/h2-14,24,28-29H,15H2,1H3.